The van der Waals surface area contributed by atoms with E-state index in [0.717, 1.165) is 12.3 Å². The van der Waals surface area contributed by atoms with Gasteiger partial charge < -0.3 is 9.73 Å². The third-order valence-electron chi connectivity index (χ3n) is 2.48. The van der Waals surface area contributed by atoms with E-state index in [9.17, 15) is 0 Å². The predicted octanol–water partition coefficient (Wildman–Crippen LogP) is 2.48. The van der Waals surface area contributed by atoms with Crippen LogP contribution in [-0.2, 0) is 6.54 Å². The molecule has 0 radical (unpaired) electrons. The quantitative estimate of drug-likeness (QED) is 0.715. The Morgan fingerprint density at radius 1 is 1.53 bits per heavy atom. The second-order valence-corrected chi connectivity index (χ2v) is 4.36. The zero-order valence-corrected chi connectivity index (χ0v) is 9.99. The average molecular weight is 208 g/mol. The zero-order chi connectivity index (χ0) is 11.1. The van der Waals surface area contributed by atoms with Crippen molar-refractivity contribution < 1.29 is 9.73 Å². The molecule has 0 aliphatic rings. The van der Waals surface area contributed by atoms with Crippen molar-refractivity contribution in [3.05, 3.63) is 35.8 Å². The molecule has 0 aliphatic heterocycles. The van der Waals surface area contributed by atoms with Gasteiger partial charge in [-0.05, 0) is 39.3 Å². The number of quaternary nitrogens is 1. The molecule has 0 aromatic carbocycles. The van der Waals surface area contributed by atoms with Crippen LogP contribution < -0.4 is 5.32 Å². The average Bonchev–Trinajstić information content (AvgIpc) is 2.66. The smallest absolute Gasteiger partial charge is 0.157 e. The van der Waals surface area contributed by atoms with Gasteiger partial charge >= 0.3 is 0 Å². The number of hydrogen-bond donors (Lipinski definition) is 1. The molecule has 0 spiro atoms. The molecule has 1 aromatic heterocycles. The van der Waals surface area contributed by atoms with Gasteiger partial charge in [0.15, 0.2) is 5.76 Å². The molecule has 1 rings (SSSR count). The van der Waals surface area contributed by atoms with Crippen molar-refractivity contribution in [2.24, 2.45) is 0 Å². The lowest BCUT2D eigenvalue weighted by molar-refractivity contribution is -0.703. The van der Waals surface area contributed by atoms with Crippen LogP contribution in [0.15, 0.2) is 34.5 Å². The maximum Gasteiger partial charge on any atom is 0.157 e. The van der Waals surface area contributed by atoms with E-state index < -0.39 is 0 Å². The number of furan rings is 1. The first kappa shape index (κ1) is 12.1. The van der Waals surface area contributed by atoms with Crippen molar-refractivity contribution in [3.8, 4) is 0 Å². The van der Waals surface area contributed by atoms with Crippen molar-refractivity contribution in [3.63, 3.8) is 0 Å². The maximum absolute atomic E-state index is 5.28. The molecule has 0 saturated heterocycles. The molecule has 1 atom stereocenters. The van der Waals surface area contributed by atoms with Crippen molar-refractivity contribution in [1.29, 1.82) is 0 Å². The van der Waals surface area contributed by atoms with Crippen LogP contribution in [0.25, 0.3) is 0 Å². The minimum atomic E-state index is 0.658. The third-order valence-corrected chi connectivity index (χ3v) is 2.48. The van der Waals surface area contributed by atoms with Gasteiger partial charge in [0.05, 0.1) is 12.3 Å². The van der Waals surface area contributed by atoms with E-state index in [0.29, 0.717) is 6.04 Å². The standard InChI is InChI=1S/C13H21NO/c1-11(2)6-4-7-12(3)14-10-13-8-5-9-15-13/h5-6,8-9,12,14H,4,7,10H2,1-3H3/p+1/t12-/m0/s1. The first-order valence-electron chi connectivity index (χ1n) is 5.67. The zero-order valence-electron chi connectivity index (χ0n) is 9.99. The van der Waals surface area contributed by atoms with E-state index in [1.165, 1.54) is 18.4 Å². The monoisotopic (exact) mass is 208 g/mol. The lowest BCUT2D eigenvalue weighted by Gasteiger charge is -2.08. The highest BCUT2D eigenvalue weighted by Gasteiger charge is 2.05. The summed E-state index contributed by atoms with van der Waals surface area (Å²) in [6.07, 6.45) is 6.44. The largest absolute Gasteiger partial charge is 0.463 e. The summed E-state index contributed by atoms with van der Waals surface area (Å²) in [6.45, 7) is 7.51. The van der Waals surface area contributed by atoms with Crippen LogP contribution >= 0.6 is 0 Å². The van der Waals surface area contributed by atoms with Gasteiger partial charge in [-0.2, -0.15) is 0 Å². The molecular formula is C13H22NO+. The van der Waals surface area contributed by atoms with Crippen LogP contribution in [0.3, 0.4) is 0 Å². The third kappa shape index (κ3) is 5.43. The fourth-order valence-electron chi connectivity index (χ4n) is 1.50. The van der Waals surface area contributed by atoms with E-state index in [1.807, 2.05) is 12.1 Å². The molecule has 84 valence electrons. The predicted molar refractivity (Wildman–Crippen MR) is 62.5 cm³/mol. The highest BCUT2D eigenvalue weighted by molar-refractivity contribution is 4.95. The Morgan fingerprint density at radius 2 is 2.33 bits per heavy atom. The first-order valence-corrected chi connectivity index (χ1v) is 5.67. The minimum absolute atomic E-state index is 0.658. The van der Waals surface area contributed by atoms with Crippen molar-refractivity contribution in [2.45, 2.75) is 46.2 Å². The normalized spacial score (nSPS) is 12.5. The summed E-state index contributed by atoms with van der Waals surface area (Å²) in [5.41, 5.74) is 1.41. The van der Waals surface area contributed by atoms with Gasteiger partial charge in [0.25, 0.3) is 0 Å². The number of nitrogens with two attached hydrogens (primary N) is 1. The number of allylic oxidation sites excluding steroid dienone is 2. The van der Waals surface area contributed by atoms with Gasteiger partial charge in [-0.3, -0.25) is 0 Å². The molecule has 1 heterocycles. The molecule has 2 N–H and O–H groups in total. The topological polar surface area (TPSA) is 29.8 Å². The Labute approximate surface area is 92.4 Å². The molecule has 0 aliphatic carbocycles. The second-order valence-electron chi connectivity index (χ2n) is 4.36. The van der Waals surface area contributed by atoms with Gasteiger partial charge in [-0.15, -0.1) is 0 Å². The van der Waals surface area contributed by atoms with E-state index in [4.69, 9.17) is 4.42 Å². The molecule has 0 amide bonds. The first-order chi connectivity index (χ1) is 7.18. The summed E-state index contributed by atoms with van der Waals surface area (Å²) < 4.78 is 5.28. The summed E-state index contributed by atoms with van der Waals surface area (Å²) in [4.78, 5) is 0. The molecule has 2 heteroatoms. The SMILES string of the molecule is CC(C)=CCC[C@H](C)[NH2+]Cc1ccco1. The molecule has 0 bridgehead atoms. The summed E-state index contributed by atoms with van der Waals surface area (Å²) in [5, 5.41) is 2.33. The fourth-order valence-corrected chi connectivity index (χ4v) is 1.50. The van der Waals surface area contributed by atoms with Gasteiger partial charge in [0.1, 0.15) is 6.54 Å². The van der Waals surface area contributed by atoms with Gasteiger partial charge in [-0.25, -0.2) is 0 Å². The molecule has 0 saturated carbocycles. The van der Waals surface area contributed by atoms with Crippen LogP contribution in [-0.4, -0.2) is 6.04 Å². The number of hydrogen-bond acceptors (Lipinski definition) is 1. The maximum atomic E-state index is 5.28. The van der Waals surface area contributed by atoms with Crippen molar-refractivity contribution in [2.75, 3.05) is 0 Å². The van der Waals surface area contributed by atoms with E-state index >= 15 is 0 Å². The van der Waals surface area contributed by atoms with Gasteiger partial charge in [-0.1, -0.05) is 11.6 Å². The molecule has 0 fully saturated rings. The Morgan fingerprint density at radius 3 is 2.93 bits per heavy atom. The van der Waals surface area contributed by atoms with E-state index in [2.05, 4.69) is 32.2 Å². The lowest BCUT2D eigenvalue weighted by atomic mass is 10.1. The van der Waals surface area contributed by atoms with Crippen LogP contribution in [0.2, 0.25) is 0 Å². The van der Waals surface area contributed by atoms with Crippen molar-refractivity contribution >= 4 is 0 Å². The summed E-state index contributed by atoms with van der Waals surface area (Å²) in [6, 6.07) is 4.63. The van der Waals surface area contributed by atoms with Crippen molar-refractivity contribution in [1.82, 2.24) is 0 Å². The van der Waals surface area contributed by atoms with Crippen LogP contribution in [0.5, 0.6) is 0 Å². The Hall–Kier alpha value is -1.02. The summed E-state index contributed by atoms with van der Waals surface area (Å²) in [7, 11) is 0. The van der Waals surface area contributed by atoms with Crippen LogP contribution in [0.4, 0.5) is 0 Å². The summed E-state index contributed by atoms with van der Waals surface area (Å²) in [5.74, 6) is 1.06. The lowest BCUT2D eigenvalue weighted by Crippen LogP contribution is -2.87. The number of rotatable bonds is 6. The fraction of sp³-hybridized carbons (Fsp3) is 0.538. The Balaban J connectivity index is 2.14. The van der Waals surface area contributed by atoms with Gasteiger partial charge in [0.2, 0.25) is 0 Å². The second kappa shape index (κ2) is 6.46. The molecule has 0 unspecified atom stereocenters. The molecule has 2 nitrogen and oxygen atoms in total. The van der Waals surface area contributed by atoms with E-state index in [-0.39, 0.29) is 0 Å². The molecule has 1 aromatic rings. The van der Waals surface area contributed by atoms with Crippen LogP contribution in [0, 0.1) is 0 Å². The van der Waals surface area contributed by atoms with Crippen LogP contribution in [0.1, 0.15) is 39.4 Å². The minimum Gasteiger partial charge on any atom is -0.463 e. The summed E-state index contributed by atoms with van der Waals surface area (Å²) >= 11 is 0. The highest BCUT2D eigenvalue weighted by atomic mass is 16.3. The highest BCUT2D eigenvalue weighted by Crippen LogP contribution is 2.00. The Kier molecular flexibility index (Phi) is 5.19. The van der Waals surface area contributed by atoms with E-state index in [1.54, 1.807) is 6.26 Å². The van der Waals surface area contributed by atoms with Gasteiger partial charge in [0, 0.05) is 6.42 Å². The molecule has 15 heavy (non-hydrogen) atoms. The molecular weight excluding hydrogens is 186 g/mol. The Bertz CT molecular complexity index is 283.